The van der Waals surface area contributed by atoms with Crippen molar-refractivity contribution in [2.45, 2.75) is 25.8 Å². The zero-order valence-corrected chi connectivity index (χ0v) is 9.66. The van der Waals surface area contributed by atoms with Crippen molar-refractivity contribution in [2.75, 3.05) is 13.1 Å². The molecule has 1 atom stereocenters. The van der Waals surface area contributed by atoms with Crippen molar-refractivity contribution in [2.24, 2.45) is 5.73 Å². The van der Waals surface area contributed by atoms with Crippen LogP contribution >= 0.6 is 0 Å². The lowest BCUT2D eigenvalue weighted by molar-refractivity contribution is -0.139. The van der Waals surface area contributed by atoms with Gasteiger partial charge in [0.2, 0.25) is 0 Å². The molecule has 0 rings (SSSR count). The van der Waals surface area contributed by atoms with E-state index in [1.165, 1.54) is 0 Å². The van der Waals surface area contributed by atoms with Gasteiger partial charge in [-0.15, -0.1) is 0 Å². The van der Waals surface area contributed by atoms with E-state index in [-0.39, 0.29) is 13.1 Å². The molecule has 1 unspecified atom stereocenters. The third-order valence-electron chi connectivity index (χ3n) is 1.89. The van der Waals surface area contributed by atoms with Crippen molar-refractivity contribution < 1.29 is 19.5 Å². The van der Waals surface area contributed by atoms with Crippen LogP contribution in [0.1, 0.15) is 19.8 Å². The minimum Gasteiger partial charge on any atom is -0.480 e. The van der Waals surface area contributed by atoms with Gasteiger partial charge in [0.1, 0.15) is 6.04 Å². The summed E-state index contributed by atoms with van der Waals surface area (Å²) in [5.41, 5.74) is 4.81. The van der Waals surface area contributed by atoms with Gasteiger partial charge in [0, 0.05) is 13.1 Å². The zero-order valence-electron chi connectivity index (χ0n) is 9.66. The minimum atomic E-state index is -1.07. The van der Waals surface area contributed by atoms with Gasteiger partial charge < -0.3 is 26.8 Å². The highest BCUT2D eigenvalue weighted by atomic mass is 16.4. The Morgan fingerprint density at radius 2 is 1.82 bits per heavy atom. The van der Waals surface area contributed by atoms with Crippen LogP contribution in [0.3, 0.4) is 0 Å². The molecule has 98 valence electrons. The van der Waals surface area contributed by atoms with E-state index >= 15 is 0 Å². The largest absolute Gasteiger partial charge is 0.480 e. The number of aliphatic carboxylic acids is 1. The van der Waals surface area contributed by atoms with Gasteiger partial charge in [0.15, 0.2) is 0 Å². The molecule has 0 aromatic heterocycles. The molecule has 8 heteroatoms. The third-order valence-corrected chi connectivity index (χ3v) is 1.89. The first-order valence-corrected chi connectivity index (χ1v) is 5.27. The molecule has 0 fully saturated rings. The predicted octanol–water partition coefficient (Wildman–Crippen LogP) is -0.793. The van der Waals surface area contributed by atoms with Crippen LogP contribution in [0.2, 0.25) is 0 Å². The SMILES string of the molecule is CCCC(NC(=O)NCCNC(N)=O)C(=O)O. The summed E-state index contributed by atoms with van der Waals surface area (Å²) in [4.78, 5) is 32.3. The van der Waals surface area contributed by atoms with E-state index in [1.54, 1.807) is 0 Å². The van der Waals surface area contributed by atoms with Crippen LogP contribution in [0.4, 0.5) is 9.59 Å². The Bertz CT molecular complexity index is 282. The number of carboxylic acid groups (broad SMARTS) is 1. The predicted molar refractivity (Wildman–Crippen MR) is 60.5 cm³/mol. The highest BCUT2D eigenvalue weighted by Crippen LogP contribution is 1.96. The van der Waals surface area contributed by atoms with Crippen molar-refractivity contribution in [1.82, 2.24) is 16.0 Å². The quantitative estimate of drug-likeness (QED) is 0.376. The Kier molecular flexibility index (Phi) is 7.24. The molecule has 0 aromatic carbocycles. The molecule has 0 radical (unpaired) electrons. The molecule has 0 aromatic rings. The highest BCUT2D eigenvalue weighted by Gasteiger charge is 2.18. The van der Waals surface area contributed by atoms with Crippen LogP contribution in [0.15, 0.2) is 0 Å². The Morgan fingerprint density at radius 1 is 1.24 bits per heavy atom. The van der Waals surface area contributed by atoms with E-state index in [0.717, 1.165) is 0 Å². The second-order valence-electron chi connectivity index (χ2n) is 3.37. The first kappa shape index (κ1) is 15.0. The Labute approximate surface area is 98.9 Å². The molecule has 0 spiro atoms. The maximum absolute atomic E-state index is 11.2. The number of urea groups is 2. The van der Waals surface area contributed by atoms with Crippen molar-refractivity contribution in [3.05, 3.63) is 0 Å². The van der Waals surface area contributed by atoms with Crippen LogP contribution in [-0.4, -0.2) is 42.3 Å². The average molecular weight is 246 g/mol. The summed E-state index contributed by atoms with van der Waals surface area (Å²) in [6.45, 7) is 2.19. The summed E-state index contributed by atoms with van der Waals surface area (Å²) in [6, 6.07) is -2.16. The number of primary amides is 1. The second kappa shape index (κ2) is 8.20. The molecule has 0 aliphatic heterocycles. The number of nitrogens with two attached hydrogens (primary N) is 1. The fourth-order valence-corrected chi connectivity index (χ4v) is 1.12. The first-order chi connectivity index (χ1) is 7.97. The van der Waals surface area contributed by atoms with Gasteiger partial charge in [0.25, 0.3) is 0 Å². The maximum atomic E-state index is 11.2. The molecule has 8 nitrogen and oxygen atoms in total. The number of nitrogens with one attached hydrogen (secondary N) is 3. The Balaban J connectivity index is 3.82. The summed E-state index contributed by atoms with van der Waals surface area (Å²) >= 11 is 0. The van der Waals surface area contributed by atoms with E-state index in [0.29, 0.717) is 12.8 Å². The Hall–Kier alpha value is -1.99. The normalized spacial score (nSPS) is 11.4. The van der Waals surface area contributed by atoms with Crippen molar-refractivity contribution in [3.63, 3.8) is 0 Å². The lowest BCUT2D eigenvalue weighted by atomic mass is 10.2. The van der Waals surface area contributed by atoms with Crippen molar-refractivity contribution >= 4 is 18.0 Å². The lowest BCUT2D eigenvalue weighted by Crippen LogP contribution is -2.47. The maximum Gasteiger partial charge on any atom is 0.326 e. The number of hydrogen-bond acceptors (Lipinski definition) is 3. The number of amides is 4. The third kappa shape index (κ3) is 7.88. The Morgan fingerprint density at radius 3 is 2.29 bits per heavy atom. The summed E-state index contributed by atoms with van der Waals surface area (Å²) in [7, 11) is 0. The molecule has 0 aliphatic carbocycles. The molecule has 0 bridgehead atoms. The van der Waals surface area contributed by atoms with E-state index < -0.39 is 24.1 Å². The molecule has 4 amide bonds. The van der Waals surface area contributed by atoms with Crippen LogP contribution in [0.25, 0.3) is 0 Å². The first-order valence-electron chi connectivity index (χ1n) is 5.27. The van der Waals surface area contributed by atoms with Gasteiger partial charge in [-0.05, 0) is 6.42 Å². The average Bonchev–Trinajstić information content (AvgIpc) is 2.23. The van der Waals surface area contributed by atoms with Crippen LogP contribution in [0.5, 0.6) is 0 Å². The molecule has 0 heterocycles. The standard InChI is InChI=1S/C9H18N4O4/c1-2-3-6(7(14)15)13-9(17)12-5-4-11-8(10)16/h6H,2-5H2,1H3,(H,14,15)(H3,10,11,16)(H2,12,13,17). The van der Waals surface area contributed by atoms with E-state index in [2.05, 4.69) is 16.0 Å². The van der Waals surface area contributed by atoms with Gasteiger partial charge >= 0.3 is 18.0 Å². The number of hydrogen-bond donors (Lipinski definition) is 5. The van der Waals surface area contributed by atoms with Crippen molar-refractivity contribution in [3.8, 4) is 0 Å². The fourth-order valence-electron chi connectivity index (χ4n) is 1.12. The molecule has 0 aliphatic rings. The van der Waals surface area contributed by atoms with Crippen LogP contribution in [0, 0.1) is 0 Å². The summed E-state index contributed by atoms with van der Waals surface area (Å²) in [5.74, 6) is -1.07. The fraction of sp³-hybridized carbons (Fsp3) is 0.667. The molecule has 0 saturated carbocycles. The molecule has 6 N–H and O–H groups in total. The summed E-state index contributed by atoms with van der Waals surface area (Å²) in [5, 5.41) is 15.8. The van der Waals surface area contributed by atoms with E-state index in [4.69, 9.17) is 10.8 Å². The van der Waals surface area contributed by atoms with Gasteiger partial charge in [0.05, 0.1) is 0 Å². The van der Waals surface area contributed by atoms with Crippen LogP contribution < -0.4 is 21.7 Å². The number of carboxylic acids is 1. The number of carbonyl (C=O) groups is 3. The lowest BCUT2D eigenvalue weighted by Gasteiger charge is -2.14. The molecular weight excluding hydrogens is 228 g/mol. The van der Waals surface area contributed by atoms with Crippen molar-refractivity contribution in [1.29, 1.82) is 0 Å². The molecule has 17 heavy (non-hydrogen) atoms. The van der Waals surface area contributed by atoms with Gasteiger partial charge in [-0.1, -0.05) is 13.3 Å². The van der Waals surface area contributed by atoms with Crippen LogP contribution in [-0.2, 0) is 4.79 Å². The number of rotatable bonds is 7. The van der Waals surface area contributed by atoms with Gasteiger partial charge in [-0.3, -0.25) is 0 Å². The number of carbonyl (C=O) groups excluding carboxylic acids is 2. The second-order valence-corrected chi connectivity index (χ2v) is 3.37. The highest BCUT2D eigenvalue weighted by molar-refractivity contribution is 5.82. The minimum absolute atomic E-state index is 0.174. The smallest absolute Gasteiger partial charge is 0.326 e. The van der Waals surface area contributed by atoms with Gasteiger partial charge in [-0.25, -0.2) is 14.4 Å². The topological polar surface area (TPSA) is 134 Å². The molecular formula is C9H18N4O4. The monoisotopic (exact) mass is 246 g/mol. The van der Waals surface area contributed by atoms with E-state index in [9.17, 15) is 14.4 Å². The molecule has 0 saturated heterocycles. The van der Waals surface area contributed by atoms with Gasteiger partial charge in [-0.2, -0.15) is 0 Å². The summed E-state index contributed by atoms with van der Waals surface area (Å²) < 4.78 is 0. The zero-order chi connectivity index (χ0) is 13.3. The summed E-state index contributed by atoms with van der Waals surface area (Å²) in [6.07, 6.45) is 1.02. The van der Waals surface area contributed by atoms with E-state index in [1.807, 2.05) is 6.92 Å².